The van der Waals surface area contributed by atoms with Crippen molar-refractivity contribution in [1.29, 1.82) is 0 Å². The molecule has 2 aliphatic rings. The van der Waals surface area contributed by atoms with E-state index in [9.17, 15) is 0 Å². The van der Waals surface area contributed by atoms with Crippen molar-refractivity contribution in [3.63, 3.8) is 0 Å². The maximum Gasteiger partial charge on any atom is 0.129 e. The molecular weight excluding hydrogens is 274 g/mol. The number of hydrogen-bond acceptors (Lipinski definition) is 4. The Hall–Kier alpha value is -0.680. The Morgan fingerprint density at radius 1 is 1.15 bits per heavy atom. The number of rotatable bonds is 3. The molecule has 0 spiro atoms. The third-order valence-electron chi connectivity index (χ3n) is 4.31. The van der Waals surface area contributed by atoms with Crippen LogP contribution in [0, 0.1) is 0 Å². The van der Waals surface area contributed by atoms with Crippen molar-refractivity contribution in [2.24, 2.45) is 0 Å². The van der Waals surface area contributed by atoms with Crippen LogP contribution in [0.5, 0.6) is 0 Å². The molecule has 0 radical (unpaired) electrons. The van der Waals surface area contributed by atoms with Crippen molar-refractivity contribution < 1.29 is 4.74 Å². The summed E-state index contributed by atoms with van der Waals surface area (Å²) in [5, 5.41) is 0.568. The lowest BCUT2D eigenvalue weighted by Crippen LogP contribution is -2.51. The molecule has 0 bridgehead atoms. The Kier molecular flexibility index (Phi) is 4.89. The van der Waals surface area contributed by atoms with E-state index in [0.717, 1.165) is 38.9 Å². The minimum absolute atomic E-state index is 0.568. The second-order valence-corrected chi connectivity index (χ2v) is 6.03. The number of aromatic nitrogens is 1. The largest absolute Gasteiger partial charge is 0.381 e. The molecule has 0 atom stereocenters. The number of halogens is 1. The molecule has 2 saturated heterocycles. The summed E-state index contributed by atoms with van der Waals surface area (Å²) in [6.07, 6.45) is 4.27. The van der Waals surface area contributed by atoms with Gasteiger partial charge in [0.25, 0.3) is 0 Å². The molecule has 0 aromatic carbocycles. The van der Waals surface area contributed by atoms with Gasteiger partial charge in [0.15, 0.2) is 0 Å². The number of piperazine rings is 1. The Labute approximate surface area is 125 Å². The van der Waals surface area contributed by atoms with Gasteiger partial charge in [0.05, 0.1) is 0 Å². The molecule has 2 aliphatic heterocycles. The van der Waals surface area contributed by atoms with Gasteiger partial charge >= 0.3 is 0 Å². The van der Waals surface area contributed by atoms with Gasteiger partial charge in [-0.2, -0.15) is 0 Å². The predicted octanol–water partition coefficient (Wildman–Crippen LogP) is 2.03. The van der Waals surface area contributed by atoms with Gasteiger partial charge in [0.2, 0.25) is 0 Å². The third-order valence-corrected chi connectivity index (χ3v) is 4.53. The topological polar surface area (TPSA) is 28.6 Å². The molecule has 1 aromatic heterocycles. The van der Waals surface area contributed by atoms with E-state index >= 15 is 0 Å². The van der Waals surface area contributed by atoms with E-state index in [1.165, 1.54) is 31.5 Å². The Bertz CT molecular complexity index is 412. The van der Waals surface area contributed by atoms with Crippen molar-refractivity contribution in [3.05, 3.63) is 29.0 Å². The van der Waals surface area contributed by atoms with Crippen LogP contribution in [0.2, 0.25) is 5.15 Å². The highest BCUT2D eigenvalue weighted by molar-refractivity contribution is 6.29. The zero-order valence-corrected chi connectivity index (χ0v) is 12.6. The molecule has 0 aliphatic carbocycles. The fourth-order valence-corrected chi connectivity index (χ4v) is 3.21. The van der Waals surface area contributed by atoms with Gasteiger partial charge < -0.3 is 4.74 Å². The van der Waals surface area contributed by atoms with E-state index in [1.807, 2.05) is 12.3 Å². The van der Waals surface area contributed by atoms with Gasteiger partial charge in [-0.1, -0.05) is 17.7 Å². The van der Waals surface area contributed by atoms with Crippen molar-refractivity contribution >= 4 is 11.6 Å². The number of ether oxygens (including phenoxy) is 1. The molecule has 20 heavy (non-hydrogen) atoms. The molecule has 1 aromatic rings. The van der Waals surface area contributed by atoms with Crippen LogP contribution in [-0.4, -0.2) is 60.2 Å². The van der Waals surface area contributed by atoms with E-state index < -0.39 is 0 Å². The summed E-state index contributed by atoms with van der Waals surface area (Å²) in [5.74, 6) is 0. The lowest BCUT2D eigenvalue weighted by molar-refractivity contribution is 0.0126. The van der Waals surface area contributed by atoms with Crippen molar-refractivity contribution in [1.82, 2.24) is 14.8 Å². The fourth-order valence-electron chi connectivity index (χ4n) is 3.10. The lowest BCUT2D eigenvalue weighted by Gasteiger charge is -2.40. The van der Waals surface area contributed by atoms with Crippen LogP contribution < -0.4 is 0 Å². The van der Waals surface area contributed by atoms with Crippen molar-refractivity contribution in [2.75, 3.05) is 39.4 Å². The molecule has 3 heterocycles. The first-order chi connectivity index (χ1) is 9.81. The molecule has 0 amide bonds. The first-order valence-corrected chi connectivity index (χ1v) is 7.83. The molecular formula is C15H22ClN3O. The summed E-state index contributed by atoms with van der Waals surface area (Å²) in [6.45, 7) is 7.46. The van der Waals surface area contributed by atoms with Gasteiger partial charge in [-0.3, -0.25) is 9.80 Å². The Morgan fingerprint density at radius 2 is 1.90 bits per heavy atom. The van der Waals surface area contributed by atoms with Gasteiger partial charge in [-0.25, -0.2) is 4.98 Å². The van der Waals surface area contributed by atoms with E-state index in [1.54, 1.807) is 0 Å². The minimum Gasteiger partial charge on any atom is -0.381 e. The quantitative estimate of drug-likeness (QED) is 0.798. The van der Waals surface area contributed by atoms with Gasteiger partial charge in [0.1, 0.15) is 5.15 Å². The van der Waals surface area contributed by atoms with Crippen molar-refractivity contribution in [2.45, 2.75) is 25.4 Å². The van der Waals surface area contributed by atoms with E-state index in [0.29, 0.717) is 5.15 Å². The average molecular weight is 296 g/mol. The first-order valence-electron chi connectivity index (χ1n) is 7.46. The van der Waals surface area contributed by atoms with Gasteiger partial charge in [-0.15, -0.1) is 0 Å². The number of nitrogens with zero attached hydrogens (tertiary/aromatic N) is 3. The predicted molar refractivity (Wildman–Crippen MR) is 79.9 cm³/mol. The molecule has 3 rings (SSSR count). The molecule has 5 heteroatoms. The Balaban J connectivity index is 1.47. The summed E-state index contributed by atoms with van der Waals surface area (Å²) in [4.78, 5) is 9.29. The Morgan fingerprint density at radius 3 is 2.55 bits per heavy atom. The monoisotopic (exact) mass is 295 g/mol. The molecule has 4 nitrogen and oxygen atoms in total. The van der Waals surface area contributed by atoms with E-state index in [4.69, 9.17) is 16.3 Å². The highest BCUT2D eigenvalue weighted by Gasteiger charge is 2.25. The third kappa shape index (κ3) is 3.70. The maximum atomic E-state index is 5.82. The van der Waals surface area contributed by atoms with Crippen LogP contribution in [0.1, 0.15) is 18.4 Å². The average Bonchev–Trinajstić information content (AvgIpc) is 2.51. The van der Waals surface area contributed by atoms with E-state index in [-0.39, 0.29) is 0 Å². The summed E-state index contributed by atoms with van der Waals surface area (Å²) in [7, 11) is 0. The zero-order chi connectivity index (χ0) is 13.8. The highest BCUT2D eigenvalue weighted by atomic mass is 35.5. The van der Waals surface area contributed by atoms with Gasteiger partial charge in [0, 0.05) is 58.2 Å². The lowest BCUT2D eigenvalue weighted by atomic mass is 10.1. The normalized spacial score (nSPS) is 23.1. The summed E-state index contributed by atoms with van der Waals surface area (Å²) >= 11 is 5.82. The van der Waals surface area contributed by atoms with Crippen LogP contribution in [-0.2, 0) is 11.3 Å². The summed E-state index contributed by atoms with van der Waals surface area (Å²) in [6, 6.07) is 4.68. The second-order valence-electron chi connectivity index (χ2n) is 5.64. The highest BCUT2D eigenvalue weighted by Crippen LogP contribution is 2.17. The number of pyridine rings is 1. The summed E-state index contributed by atoms with van der Waals surface area (Å²) in [5.41, 5.74) is 1.24. The SMILES string of the molecule is Clc1ccc(CN2CCN(C3CCOCC3)CC2)cn1. The van der Waals surface area contributed by atoms with Crippen LogP contribution in [0.4, 0.5) is 0 Å². The van der Waals surface area contributed by atoms with Gasteiger partial charge in [-0.05, 0) is 24.5 Å². The smallest absolute Gasteiger partial charge is 0.129 e. The number of hydrogen-bond donors (Lipinski definition) is 0. The molecule has 0 unspecified atom stereocenters. The van der Waals surface area contributed by atoms with Crippen LogP contribution in [0.25, 0.3) is 0 Å². The van der Waals surface area contributed by atoms with Crippen LogP contribution >= 0.6 is 11.6 Å². The van der Waals surface area contributed by atoms with Crippen LogP contribution in [0.15, 0.2) is 18.3 Å². The summed E-state index contributed by atoms with van der Waals surface area (Å²) < 4.78 is 5.45. The molecule has 0 N–H and O–H groups in total. The second kappa shape index (κ2) is 6.85. The molecule has 2 fully saturated rings. The van der Waals surface area contributed by atoms with Crippen LogP contribution in [0.3, 0.4) is 0 Å². The van der Waals surface area contributed by atoms with E-state index in [2.05, 4.69) is 20.9 Å². The minimum atomic E-state index is 0.568. The fraction of sp³-hybridized carbons (Fsp3) is 0.667. The maximum absolute atomic E-state index is 5.82. The first kappa shape index (κ1) is 14.3. The zero-order valence-electron chi connectivity index (χ0n) is 11.8. The van der Waals surface area contributed by atoms with Crippen molar-refractivity contribution in [3.8, 4) is 0 Å². The molecule has 0 saturated carbocycles. The standard InChI is InChI=1S/C15H22ClN3O/c16-15-2-1-13(11-17-15)12-18-5-7-19(8-6-18)14-3-9-20-10-4-14/h1-2,11,14H,3-10,12H2. The molecule has 110 valence electrons.